The van der Waals surface area contributed by atoms with Crippen molar-refractivity contribution in [3.05, 3.63) is 58.1 Å². The normalized spacial score (nSPS) is 13.0. The van der Waals surface area contributed by atoms with Gasteiger partial charge in [-0.3, -0.25) is 9.10 Å². The van der Waals surface area contributed by atoms with Crippen LogP contribution in [0.1, 0.15) is 24.1 Å². The fourth-order valence-corrected chi connectivity index (χ4v) is 4.41. The van der Waals surface area contributed by atoms with Gasteiger partial charge in [0.1, 0.15) is 6.54 Å². The molecule has 0 aliphatic carbocycles. The summed E-state index contributed by atoms with van der Waals surface area (Å²) in [6.07, 6.45) is 2.17. The van der Waals surface area contributed by atoms with Crippen molar-refractivity contribution in [3.8, 4) is 0 Å². The molecule has 0 saturated heterocycles. The van der Waals surface area contributed by atoms with Crippen LogP contribution in [0.4, 0.5) is 5.69 Å². The quantitative estimate of drug-likeness (QED) is 0.627. The number of hydrogen-bond donors (Lipinski definition) is 1. The zero-order valence-corrected chi connectivity index (χ0v) is 19.7. The van der Waals surface area contributed by atoms with Crippen molar-refractivity contribution in [2.24, 2.45) is 0 Å². The molecule has 2 aromatic rings. The van der Waals surface area contributed by atoms with Gasteiger partial charge >= 0.3 is 0 Å². The highest BCUT2D eigenvalue weighted by Gasteiger charge is 2.22. The van der Waals surface area contributed by atoms with Crippen LogP contribution in [0.3, 0.4) is 0 Å². The van der Waals surface area contributed by atoms with E-state index in [1.165, 1.54) is 12.1 Å². The van der Waals surface area contributed by atoms with Crippen LogP contribution in [0.15, 0.2) is 51.8 Å². The van der Waals surface area contributed by atoms with E-state index in [1.807, 2.05) is 6.92 Å². The number of aryl methyl sites for hydroxylation is 1. The molecule has 0 aromatic heterocycles. The zero-order chi connectivity index (χ0) is 22.0. The van der Waals surface area contributed by atoms with Gasteiger partial charge < -0.3 is 5.32 Å². The Hall–Kier alpha value is -1.91. The third-order valence-electron chi connectivity index (χ3n) is 4.30. The van der Waals surface area contributed by atoms with Crippen LogP contribution in [0, 0.1) is 6.92 Å². The Morgan fingerprint density at radius 2 is 1.66 bits per heavy atom. The molecule has 1 unspecified atom stereocenters. The van der Waals surface area contributed by atoms with Crippen molar-refractivity contribution in [2.75, 3.05) is 23.4 Å². The van der Waals surface area contributed by atoms with E-state index in [2.05, 4.69) is 21.2 Å². The third kappa shape index (κ3) is 6.28. The Morgan fingerprint density at radius 3 is 2.14 bits per heavy atom. The number of hydrogen-bond acceptors (Lipinski definition) is 5. The predicted molar refractivity (Wildman–Crippen MR) is 117 cm³/mol. The minimum Gasteiger partial charge on any atom is -0.348 e. The number of sulfone groups is 1. The lowest BCUT2D eigenvalue weighted by Crippen LogP contribution is -2.41. The lowest BCUT2D eigenvalue weighted by molar-refractivity contribution is -0.120. The fraction of sp³-hybridized carbons (Fsp3) is 0.316. The van der Waals surface area contributed by atoms with Gasteiger partial charge in [-0.25, -0.2) is 16.8 Å². The first-order chi connectivity index (χ1) is 13.3. The second-order valence-electron chi connectivity index (χ2n) is 6.83. The zero-order valence-electron chi connectivity index (χ0n) is 16.5. The molecule has 10 heteroatoms. The summed E-state index contributed by atoms with van der Waals surface area (Å²) in [4.78, 5) is 12.7. The fourth-order valence-electron chi connectivity index (χ4n) is 2.69. The lowest BCUT2D eigenvalue weighted by atomic mass is 10.1. The summed E-state index contributed by atoms with van der Waals surface area (Å²) in [5.74, 6) is -0.476. The molecule has 0 aliphatic heterocycles. The Labute approximate surface area is 180 Å². The first kappa shape index (κ1) is 23.4. The summed E-state index contributed by atoms with van der Waals surface area (Å²) >= 11 is 3.37. The number of anilines is 1. The van der Waals surface area contributed by atoms with E-state index in [0.29, 0.717) is 11.3 Å². The number of carbonyl (C=O) groups excluding carboxylic acids is 1. The number of nitrogens with zero attached hydrogens (tertiary/aromatic N) is 1. The van der Waals surface area contributed by atoms with Gasteiger partial charge in [-0.15, -0.1) is 0 Å². The lowest BCUT2D eigenvalue weighted by Gasteiger charge is -2.24. The van der Waals surface area contributed by atoms with Gasteiger partial charge in [0.25, 0.3) is 0 Å². The molecule has 0 aliphatic rings. The van der Waals surface area contributed by atoms with Crippen molar-refractivity contribution in [1.82, 2.24) is 5.32 Å². The minimum atomic E-state index is -3.67. The van der Waals surface area contributed by atoms with Crippen LogP contribution in [0.5, 0.6) is 0 Å². The van der Waals surface area contributed by atoms with Crippen LogP contribution < -0.4 is 9.62 Å². The van der Waals surface area contributed by atoms with E-state index < -0.39 is 31.8 Å². The van der Waals surface area contributed by atoms with Gasteiger partial charge in [0.2, 0.25) is 15.9 Å². The molecule has 1 amide bonds. The highest BCUT2D eigenvalue weighted by Crippen LogP contribution is 2.24. The maximum atomic E-state index is 12.5. The molecule has 1 atom stereocenters. The summed E-state index contributed by atoms with van der Waals surface area (Å²) in [6, 6.07) is 10.8. The SMILES string of the molecule is Cc1cc(N(CC(=O)NC(C)c2ccc(S(C)(=O)=O)cc2)S(C)(=O)=O)ccc1Br. The van der Waals surface area contributed by atoms with Crippen LogP contribution >= 0.6 is 15.9 Å². The summed E-state index contributed by atoms with van der Waals surface area (Å²) in [5, 5.41) is 2.75. The summed E-state index contributed by atoms with van der Waals surface area (Å²) < 4.78 is 49.4. The molecule has 2 rings (SSSR count). The van der Waals surface area contributed by atoms with Gasteiger partial charge in [-0.1, -0.05) is 28.1 Å². The van der Waals surface area contributed by atoms with Crippen LogP contribution in [-0.4, -0.2) is 41.8 Å². The van der Waals surface area contributed by atoms with E-state index in [-0.39, 0.29) is 11.4 Å². The van der Waals surface area contributed by atoms with E-state index >= 15 is 0 Å². The van der Waals surface area contributed by atoms with Gasteiger partial charge in [-0.2, -0.15) is 0 Å². The maximum absolute atomic E-state index is 12.5. The molecule has 7 nitrogen and oxygen atoms in total. The van der Waals surface area contributed by atoms with Crippen LogP contribution in [0.25, 0.3) is 0 Å². The number of amides is 1. The first-order valence-electron chi connectivity index (χ1n) is 8.62. The number of sulfonamides is 1. The smallest absolute Gasteiger partial charge is 0.241 e. The van der Waals surface area contributed by atoms with Gasteiger partial charge in [0.15, 0.2) is 9.84 Å². The highest BCUT2D eigenvalue weighted by atomic mass is 79.9. The van der Waals surface area contributed by atoms with E-state index in [0.717, 1.165) is 26.9 Å². The van der Waals surface area contributed by atoms with Crippen molar-refractivity contribution in [2.45, 2.75) is 24.8 Å². The summed E-state index contributed by atoms with van der Waals surface area (Å²) in [6.45, 7) is 3.20. The molecule has 1 N–H and O–H groups in total. The van der Waals surface area contributed by atoms with Crippen molar-refractivity contribution >= 4 is 47.4 Å². The second-order valence-corrected chi connectivity index (χ2v) is 11.6. The molecule has 0 heterocycles. The largest absolute Gasteiger partial charge is 0.348 e. The first-order valence-corrected chi connectivity index (χ1v) is 13.2. The van der Waals surface area contributed by atoms with E-state index in [1.54, 1.807) is 37.3 Å². The minimum absolute atomic E-state index is 0.189. The summed E-state index contributed by atoms with van der Waals surface area (Å²) in [7, 11) is -6.98. The average Bonchev–Trinajstić information content (AvgIpc) is 2.60. The predicted octanol–water partition coefficient (Wildman–Crippen LogP) is 2.80. The Kier molecular flexibility index (Phi) is 7.13. The van der Waals surface area contributed by atoms with Gasteiger partial charge in [0, 0.05) is 10.7 Å². The monoisotopic (exact) mass is 502 g/mol. The standard InChI is InChI=1S/C19H23BrN2O5S2/c1-13-11-16(7-10-18(13)20)22(29(4,26)27)12-19(23)21-14(2)15-5-8-17(9-6-15)28(3,24)25/h5-11,14H,12H2,1-4H3,(H,21,23). The van der Waals surface area contributed by atoms with Crippen molar-refractivity contribution in [1.29, 1.82) is 0 Å². The third-order valence-corrected chi connectivity index (χ3v) is 7.46. The number of nitrogens with one attached hydrogen (secondary N) is 1. The Morgan fingerprint density at radius 1 is 1.07 bits per heavy atom. The topological polar surface area (TPSA) is 101 Å². The molecular formula is C19H23BrN2O5S2. The van der Waals surface area contributed by atoms with Gasteiger partial charge in [-0.05, 0) is 55.3 Å². The van der Waals surface area contributed by atoms with E-state index in [4.69, 9.17) is 0 Å². The van der Waals surface area contributed by atoms with Gasteiger partial charge in [0.05, 0.1) is 22.9 Å². The number of halogens is 1. The number of carbonyl (C=O) groups is 1. The molecule has 29 heavy (non-hydrogen) atoms. The molecule has 158 valence electrons. The molecular weight excluding hydrogens is 480 g/mol. The molecule has 2 aromatic carbocycles. The number of benzene rings is 2. The van der Waals surface area contributed by atoms with E-state index in [9.17, 15) is 21.6 Å². The second kappa shape index (κ2) is 8.85. The Bertz CT molecular complexity index is 1110. The molecule has 0 fully saturated rings. The van der Waals surface area contributed by atoms with Crippen LogP contribution in [-0.2, 0) is 24.7 Å². The Balaban J connectivity index is 2.16. The highest BCUT2D eigenvalue weighted by molar-refractivity contribution is 9.10. The average molecular weight is 503 g/mol. The van der Waals surface area contributed by atoms with Crippen molar-refractivity contribution in [3.63, 3.8) is 0 Å². The molecule has 0 saturated carbocycles. The maximum Gasteiger partial charge on any atom is 0.241 e. The molecule has 0 bridgehead atoms. The molecule has 0 spiro atoms. The van der Waals surface area contributed by atoms with Crippen LogP contribution in [0.2, 0.25) is 0 Å². The number of rotatable bonds is 7. The van der Waals surface area contributed by atoms with Crippen molar-refractivity contribution < 1.29 is 21.6 Å². The molecule has 0 radical (unpaired) electrons. The summed E-state index contributed by atoms with van der Waals surface area (Å²) in [5.41, 5.74) is 1.94.